The molecule has 0 radical (unpaired) electrons. The van der Waals surface area contributed by atoms with Gasteiger partial charge in [-0.15, -0.1) is 0 Å². The number of benzene rings is 2. The molecular formula is C15H11F5O. The van der Waals surface area contributed by atoms with Crippen molar-refractivity contribution in [1.82, 2.24) is 0 Å². The summed E-state index contributed by atoms with van der Waals surface area (Å²) in [4.78, 5) is 0. The van der Waals surface area contributed by atoms with E-state index in [4.69, 9.17) is 4.74 Å². The van der Waals surface area contributed by atoms with Crippen molar-refractivity contribution in [2.24, 2.45) is 0 Å². The minimum absolute atomic E-state index is 0.402. The van der Waals surface area contributed by atoms with Crippen LogP contribution in [-0.2, 0) is 0 Å². The molecule has 1 unspecified atom stereocenters. The second-order valence-corrected chi connectivity index (χ2v) is 4.48. The first-order valence-electron chi connectivity index (χ1n) is 6.03. The first kappa shape index (κ1) is 15.3. The van der Waals surface area contributed by atoms with Gasteiger partial charge in [-0.1, -0.05) is 19.1 Å². The highest BCUT2D eigenvalue weighted by atomic mass is 19.2. The van der Waals surface area contributed by atoms with E-state index in [-0.39, 0.29) is 0 Å². The molecule has 2 aromatic rings. The smallest absolute Gasteiger partial charge is 0.200 e. The van der Waals surface area contributed by atoms with E-state index < -0.39 is 40.6 Å². The lowest BCUT2D eigenvalue weighted by Gasteiger charge is -2.16. The zero-order chi connectivity index (χ0) is 15.7. The summed E-state index contributed by atoms with van der Waals surface area (Å²) in [6.45, 7) is 1.36. The van der Waals surface area contributed by atoms with Gasteiger partial charge in [-0.3, -0.25) is 0 Å². The Bertz CT molecular complexity index is 638. The lowest BCUT2D eigenvalue weighted by Crippen LogP contribution is -2.10. The van der Waals surface area contributed by atoms with Crippen LogP contribution in [0.15, 0.2) is 24.3 Å². The summed E-state index contributed by atoms with van der Waals surface area (Å²) in [5.74, 6) is -10.1. The van der Waals surface area contributed by atoms with Crippen LogP contribution < -0.4 is 4.74 Å². The van der Waals surface area contributed by atoms with Gasteiger partial charge in [-0.2, -0.15) is 0 Å². The summed E-state index contributed by atoms with van der Waals surface area (Å²) in [5, 5.41) is 0. The molecule has 6 heteroatoms. The standard InChI is InChI=1S/C15H11F5O/c1-7(8-3-5-9(21-2)6-4-8)10-11(16)13(18)15(20)14(19)12(10)17/h3-7H,1-2H3. The molecule has 0 aliphatic heterocycles. The molecule has 0 bridgehead atoms. The molecule has 0 saturated heterocycles. The molecule has 21 heavy (non-hydrogen) atoms. The average molecular weight is 302 g/mol. The Morgan fingerprint density at radius 3 is 1.62 bits per heavy atom. The van der Waals surface area contributed by atoms with E-state index in [2.05, 4.69) is 0 Å². The van der Waals surface area contributed by atoms with Crippen LogP contribution in [0.5, 0.6) is 5.75 Å². The predicted molar refractivity (Wildman–Crippen MR) is 66.7 cm³/mol. The minimum atomic E-state index is -2.16. The largest absolute Gasteiger partial charge is 0.497 e. The third-order valence-electron chi connectivity index (χ3n) is 3.29. The molecule has 0 N–H and O–H groups in total. The number of methoxy groups -OCH3 is 1. The second-order valence-electron chi connectivity index (χ2n) is 4.48. The van der Waals surface area contributed by atoms with Gasteiger partial charge >= 0.3 is 0 Å². The maximum Gasteiger partial charge on any atom is 0.200 e. The Labute approximate surface area is 118 Å². The van der Waals surface area contributed by atoms with Crippen molar-refractivity contribution >= 4 is 0 Å². The molecule has 0 fully saturated rings. The van der Waals surface area contributed by atoms with E-state index in [1.165, 1.54) is 38.3 Å². The monoisotopic (exact) mass is 302 g/mol. The van der Waals surface area contributed by atoms with E-state index in [9.17, 15) is 22.0 Å². The Hall–Kier alpha value is -2.11. The third-order valence-corrected chi connectivity index (χ3v) is 3.29. The van der Waals surface area contributed by atoms with Gasteiger partial charge in [0, 0.05) is 11.5 Å². The van der Waals surface area contributed by atoms with Crippen molar-refractivity contribution in [1.29, 1.82) is 0 Å². The third kappa shape index (κ3) is 2.57. The molecule has 0 aliphatic carbocycles. The highest BCUT2D eigenvalue weighted by Gasteiger charge is 2.29. The quantitative estimate of drug-likeness (QED) is 0.459. The molecule has 0 spiro atoms. The molecule has 112 valence electrons. The van der Waals surface area contributed by atoms with Crippen LogP contribution in [-0.4, -0.2) is 7.11 Å². The van der Waals surface area contributed by atoms with Crippen LogP contribution in [0.4, 0.5) is 22.0 Å². The van der Waals surface area contributed by atoms with Crippen LogP contribution in [0.3, 0.4) is 0 Å². The van der Waals surface area contributed by atoms with Crippen LogP contribution in [0.2, 0.25) is 0 Å². The topological polar surface area (TPSA) is 9.23 Å². The molecular weight excluding hydrogens is 291 g/mol. The Morgan fingerprint density at radius 2 is 1.19 bits per heavy atom. The fraction of sp³-hybridized carbons (Fsp3) is 0.200. The van der Waals surface area contributed by atoms with Crippen molar-refractivity contribution < 1.29 is 26.7 Å². The SMILES string of the molecule is COc1ccc(C(C)c2c(F)c(F)c(F)c(F)c2F)cc1. The van der Waals surface area contributed by atoms with Crippen molar-refractivity contribution in [2.75, 3.05) is 7.11 Å². The van der Waals surface area contributed by atoms with Gasteiger partial charge in [-0.25, -0.2) is 22.0 Å². The van der Waals surface area contributed by atoms with Gasteiger partial charge in [0.1, 0.15) is 5.75 Å². The van der Waals surface area contributed by atoms with Crippen molar-refractivity contribution in [3.63, 3.8) is 0 Å². The van der Waals surface area contributed by atoms with Crippen LogP contribution in [0.1, 0.15) is 24.0 Å². The molecule has 2 rings (SSSR count). The predicted octanol–water partition coefficient (Wildman–Crippen LogP) is 4.54. The molecule has 0 aromatic heterocycles. The minimum Gasteiger partial charge on any atom is -0.497 e. The fourth-order valence-electron chi connectivity index (χ4n) is 2.06. The number of hydrogen-bond donors (Lipinski definition) is 0. The fourth-order valence-corrected chi connectivity index (χ4v) is 2.06. The first-order valence-corrected chi connectivity index (χ1v) is 6.03. The summed E-state index contributed by atoms with van der Waals surface area (Å²) >= 11 is 0. The molecule has 0 aliphatic rings. The van der Waals surface area contributed by atoms with Gasteiger partial charge in [-0.05, 0) is 17.7 Å². The lowest BCUT2D eigenvalue weighted by molar-refractivity contribution is 0.368. The van der Waals surface area contributed by atoms with Gasteiger partial charge in [0.25, 0.3) is 0 Å². The molecule has 1 atom stereocenters. The Balaban J connectivity index is 2.55. The van der Waals surface area contributed by atoms with Crippen molar-refractivity contribution in [3.05, 3.63) is 64.5 Å². The zero-order valence-corrected chi connectivity index (χ0v) is 11.2. The van der Waals surface area contributed by atoms with E-state index in [1.807, 2.05) is 0 Å². The van der Waals surface area contributed by atoms with E-state index in [1.54, 1.807) is 0 Å². The van der Waals surface area contributed by atoms with Crippen molar-refractivity contribution in [2.45, 2.75) is 12.8 Å². The molecule has 0 saturated carbocycles. The zero-order valence-electron chi connectivity index (χ0n) is 11.2. The normalized spacial score (nSPS) is 12.3. The van der Waals surface area contributed by atoms with Crippen LogP contribution in [0.25, 0.3) is 0 Å². The van der Waals surface area contributed by atoms with Gasteiger partial charge in [0.05, 0.1) is 7.11 Å². The second kappa shape index (κ2) is 5.71. The Kier molecular flexibility index (Phi) is 4.16. The van der Waals surface area contributed by atoms with Crippen LogP contribution >= 0.6 is 0 Å². The summed E-state index contributed by atoms with van der Waals surface area (Å²) in [5.41, 5.74) is -0.449. The molecule has 0 heterocycles. The van der Waals surface area contributed by atoms with E-state index >= 15 is 0 Å². The summed E-state index contributed by atoms with van der Waals surface area (Å²) in [6, 6.07) is 6.08. The van der Waals surface area contributed by atoms with E-state index in [0.717, 1.165) is 0 Å². The van der Waals surface area contributed by atoms with E-state index in [0.29, 0.717) is 11.3 Å². The number of ether oxygens (including phenoxy) is 1. The highest BCUT2D eigenvalue weighted by Crippen LogP contribution is 2.33. The average Bonchev–Trinajstić information content (AvgIpc) is 2.51. The number of hydrogen-bond acceptors (Lipinski definition) is 1. The van der Waals surface area contributed by atoms with Crippen molar-refractivity contribution in [3.8, 4) is 5.75 Å². The maximum absolute atomic E-state index is 13.7. The van der Waals surface area contributed by atoms with Crippen LogP contribution in [0, 0.1) is 29.1 Å². The maximum atomic E-state index is 13.7. The summed E-state index contributed by atoms with van der Waals surface area (Å²) < 4.78 is 71.9. The molecule has 0 amide bonds. The lowest BCUT2D eigenvalue weighted by atomic mass is 9.92. The first-order chi connectivity index (χ1) is 9.88. The van der Waals surface area contributed by atoms with Gasteiger partial charge in [0.2, 0.25) is 5.82 Å². The van der Waals surface area contributed by atoms with Gasteiger partial charge < -0.3 is 4.74 Å². The summed E-state index contributed by atoms with van der Waals surface area (Å²) in [7, 11) is 1.45. The number of halogens is 5. The number of rotatable bonds is 3. The molecule has 1 nitrogen and oxygen atoms in total. The Morgan fingerprint density at radius 1 is 0.762 bits per heavy atom. The molecule has 2 aromatic carbocycles. The highest BCUT2D eigenvalue weighted by molar-refractivity contribution is 5.37. The van der Waals surface area contributed by atoms with Gasteiger partial charge in [0.15, 0.2) is 23.3 Å². The summed E-state index contributed by atoms with van der Waals surface area (Å²) in [6.07, 6.45) is 0.